The molecule has 0 N–H and O–H groups in total. The molecule has 0 radical (unpaired) electrons. The summed E-state index contributed by atoms with van der Waals surface area (Å²) in [5.74, 6) is -0.684. The molecular weight excluding hydrogens is 118 g/mol. The van der Waals surface area contributed by atoms with E-state index >= 15 is 0 Å². The smallest absolute Gasteiger partial charge is 0.289 e. The Labute approximate surface area is 53.6 Å². The highest BCUT2D eigenvalue weighted by Crippen LogP contribution is 2.05. The molecule has 0 aliphatic carbocycles. The minimum atomic E-state index is -0.352. The van der Waals surface area contributed by atoms with E-state index in [4.69, 9.17) is 0 Å². The number of Topliss-reactive ketones (excluding diaryl/α,β-unsaturated/α-hetero) is 1. The van der Waals surface area contributed by atoms with Crippen molar-refractivity contribution in [1.29, 1.82) is 0 Å². The zero-order valence-corrected chi connectivity index (χ0v) is 5.39. The van der Waals surface area contributed by atoms with E-state index in [0.717, 1.165) is 19.5 Å². The summed E-state index contributed by atoms with van der Waals surface area (Å²) < 4.78 is 0. The molecule has 0 saturated carbocycles. The lowest BCUT2D eigenvalue weighted by molar-refractivity contribution is -0.145. The van der Waals surface area contributed by atoms with Crippen LogP contribution in [-0.4, -0.2) is 29.7 Å². The molecule has 1 rings (SSSR count). The summed E-state index contributed by atoms with van der Waals surface area (Å²) in [6.45, 7) is 2.83. The van der Waals surface area contributed by atoms with Gasteiger partial charge < -0.3 is 4.90 Å². The Morgan fingerprint density at radius 2 is 1.89 bits per heavy atom. The maximum absolute atomic E-state index is 10.7. The average Bonchev–Trinajstić information content (AvgIpc) is 1.60. The predicted molar refractivity (Wildman–Crippen MR) is 31.9 cm³/mol. The topological polar surface area (TPSA) is 37.4 Å². The van der Waals surface area contributed by atoms with Gasteiger partial charge in [0, 0.05) is 20.0 Å². The van der Waals surface area contributed by atoms with E-state index in [-0.39, 0.29) is 11.7 Å². The van der Waals surface area contributed by atoms with Crippen LogP contribution in [0.4, 0.5) is 0 Å². The SMILES string of the molecule is CC(=O)C(=O)N1CCC1. The highest BCUT2D eigenvalue weighted by Gasteiger charge is 2.22. The second-order valence-electron chi connectivity index (χ2n) is 2.20. The molecule has 9 heavy (non-hydrogen) atoms. The second-order valence-corrected chi connectivity index (χ2v) is 2.20. The summed E-state index contributed by atoms with van der Waals surface area (Å²) in [5.41, 5.74) is 0. The van der Waals surface area contributed by atoms with Gasteiger partial charge in [-0.3, -0.25) is 9.59 Å². The van der Waals surface area contributed by atoms with Gasteiger partial charge in [-0.1, -0.05) is 0 Å². The van der Waals surface area contributed by atoms with Crippen LogP contribution in [0.25, 0.3) is 0 Å². The van der Waals surface area contributed by atoms with Gasteiger partial charge in [0.15, 0.2) is 0 Å². The predicted octanol–water partition coefficient (Wildman–Crippen LogP) is -0.192. The summed E-state index contributed by atoms with van der Waals surface area (Å²) in [6, 6.07) is 0. The maximum atomic E-state index is 10.7. The molecule has 1 aliphatic rings. The number of hydrogen-bond donors (Lipinski definition) is 0. The highest BCUT2D eigenvalue weighted by molar-refractivity contribution is 6.35. The third-order valence-corrected chi connectivity index (χ3v) is 1.44. The van der Waals surface area contributed by atoms with Crippen LogP contribution in [0.5, 0.6) is 0 Å². The number of hydrogen-bond acceptors (Lipinski definition) is 2. The quantitative estimate of drug-likeness (QED) is 0.458. The van der Waals surface area contributed by atoms with Crippen LogP contribution >= 0.6 is 0 Å². The van der Waals surface area contributed by atoms with Gasteiger partial charge in [-0.2, -0.15) is 0 Å². The van der Waals surface area contributed by atoms with E-state index in [9.17, 15) is 9.59 Å². The van der Waals surface area contributed by atoms with Crippen molar-refractivity contribution < 1.29 is 9.59 Å². The Balaban J connectivity index is 2.42. The number of amides is 1. The minimum Gasteiger partial charge on any atom is -0.336 e. The Hall–Kier alpha value is -0.860. The fourth-order valence-corrected chi connectivity index (χ4v) is 0.742. The molecule has 50 valence electrons. The summed E-state index contributed by atoms with van der Waals surface area (Å²) in [7, 11) is 0. The highest BCUT2D eigenvalue weighted by atomic mass is 16.2. The molecule has 0 aromatic rings. The number of rotatable bonds is 1. The van der Waals surface area contributed by atoms with Gasteiger partial charge in [-0.15, -0.1) is 0 Å². The van der Waals surface area contributed by atoms with Crippen molar-refractivity contribution in [3.8, 4) is 0 Å². The lowest BCUT2D eigenvalue weighted by Crippen LogP contribution is -2.44. The van der Waals surface area contributed by atoms with Gasteiger partial charge in [0.05, 0.1) is 0 Å². The third kappa shape index (κ3) is 1.09. The Kier molecular flexibility index (Phi) is 1.51. The lowest BCUT2D eigenvalue weighted by atomic mass is 10.2. The minimum absolute atomic E-state index is 0.332. The third-order valence-electron chi connectivity index (χ3n) is 1.44. The Morgan fingerprint density at radius 1 is 1.33 bits per heavy atom. The largest absolute Gasteiger partial charge is 0.336 e. The fourth-order valence-electron chi connectivity index (χ4n) is 0.742. The van der Waals surface area contributed by atoms with Crippen molar-refractivity contribution in [2.45, 2.75) is 13.3 Å². The molecule has 0 unspecified atom stereocenters. The lowest BCUT2D eigenvalue weighted by Gasteiger charge is -2.29. The van der Waals surface area contributed by atoms with E-state index in [2.05, 4.69) is 0 Å². The molecule has 1 aliphatic heterocycles. The second kappa shape index (κ2) is 2.17. The number of carbonyl (C=O) groups excluding carboxylic acids is 2. The molecule has 0 bridgehead atoms. The van der Waals surface area contributed by atoms with Gasteiger partial charge in [-0.25, -0.2) is 0 Å². The van der Waals surface area contributed by atoms with Crippen LogP contribution < -0.4 is 0 Å². The van der Waals surface area contributed by atoms with Crippen LogP contribution in [0.2, 0.25) is 0 Å². The Morgan fingerprint density at radius 3 is 2.00 bits per heavy atom. The van der Waals surface area contributed by atoms with E-state index in [1.807, 2.05) is 0 Å². The van der Waals surface area contributed by atoms with Crippen LogP contribution in [0.1, 0.15) is 13.3 Å². The summed E-state index contributed by atoms with van der Waals surface area (Å²) in [4.78, 5) is 22.6. The molecule has 1 amide bonds. The molecular formula is C6H9NO2. The Bertz CT molecular complexity index is 149. The average molecular weight is 127 g/mol. The monoisotopic (exact) mass is 127 g/mol. The summed E-state index contributed by atoms with van der Waals surface area (Å²) >= 11 is 0. The fraction of sp³-hybridized carbons (Fsp3) is 0.667. The van der Waals surface area contributed by atoms with Gasteiger partial charge in [0.1, 0.15) is 0 Å². The van der Waals surface area contributed by atoms with Gasteiger partial charge in [0.25, 0.3) is 5.91 Å². The van der Waals surface area contributed by atoms with Crippen molar-refractivity contribution in [2.75, 3.05) is 13.1 Å². The van der Waals surface area contributed by atoms with Gasteiger partial charge >= 0.3 is 0 Å². The number of nitrogens with zero attached hydrogens (tertiary/aromatic N) is 1. The van der Waals surface area contributed by atoms with Crippen LogP contribution in [0.15, 0.2) is 0 Å². The zero-order chi connectivity index (χ0) is 6.85. The normalized spacial score (nSPS) is 16.8. The maximum Gasteiger partial charge on any atom is 0.289 e. The standard InChI is InChI=1S/C6H9NO2/c1-5(8)6(9)7-3-2-4-7/h2-4H2,1H3. The van der Waals surface area contributed by atoms with E-state index in [1.165, 1.54) is 6.92 Å². The molecule has 3 heteroatoms. The first-order chi connectivity index (χ1) is 4.22. The van der Waals surface area contributed by atoms with E-state index in [0.29, 0.717) is 0 Å². The number of likely N-dealkylation sites (tertiary alicyclic amines) is 1. The van der Waals surface area contributed by atoms with E-state index in [1.54, 1.807) is 4.90 Å². The van der Waals surface area contributed by atoms with Crippen LogP contribution in [0, 0.1) is 0 Å². The molecule has 1 fully saturated rings. The van der Waals surface area contributed by atoms with Crippen molar-refractivity contribution in [2.24, 2.45) is 0 Å². The molecule has 0 atom stereocenters. The van der Waals surface area contributed by atoms with Gasteiger partial charge in [0.2, 0.25) is 5.78 Å². The first-order valence-corrected chi connectivity index (χ1v) is 3.01. The van der Waals surface area contributed by atoms with E-state index < -0.39 is 0 Å². The molecule has 0 aromatic heterocycles. The van der Waals surface area contributed by atoms with Crippen molar-refractivity contribution >= 4 is 11.7 Å². The van der Waals surface area contributed by atoms with Crippen molar-refractivity contribution in [1.82, 2.24) is 4.90 Å². The molecule has 1 saturated heterocycles. The van der Waals surface area contributed by atoms with Crippen molar-refractivity contribution in [3.63, 3.8) is 0 Å². The molecule has 1 heterocycles. The first kappa shape index (κ1) is 6.26. The van der Waals surface area contributed by atoms with Gasteiger partial charge in [-0.05, 0) is 6.42 Å². The number of ketones is 1. The van der Waals surface area contributed by atoms with Crippen LogP contribution in [0.3, 0.4) is 0 Å². The molecule has 0 aromatic carbocycles. The number of carbonyl (C=O) groups is 2. The first-order valence-electron chi connectivity index (χ1n) is 3.01. The molecule has 0 spiro atoms. The molecule has 3 nitrogen and oxygen atoms in total. The summed E-state index contributed by atoms with van der Waals surface area (Å²) in [5, 5.41) is 0. The summed E-state index contributed by atoms with van der Waals surface area (Å²) in [6.07, 6.45) is 1.04. The zero-order valence-electron chi connectivity index (χ0n) is 5.39. The van der Waals surface area contributed by atoms with Crippen molar-refractivity contribution in [3.05, 3.63) is 0 Å². The van der Waals surface area contributed by atoms with Crippen LogP contribution in [-0.2, 0) is 9.59 Å².